The number of anilines is 1. The number of tetrazole rings is 1. The minimum atomic E-state index is -0.350. The second kappa shape index (κ2) is 7.48. The molecule has 0 saturated carbocycles. The van der Waals surface area contributed by atoms with Crippen LogP contribution in [-0.4, -0.2) is 26.1 Å². The minimum absolute atomic E-state index is 0.127. The van der Waals surface area contributed by atoms with Crippen molar-refractivity contribution < 1.29 is 9.18 Å². The summed E-state index contributed by atoms with van der Waals surface area (Å²) in [6, 6.07) is 7.95. The van der Waals surface area contributed by atoms with Crippen LogP contribution in [0.1, 0.15) is 29.3 Å². The number of carbonyl (C=O) groups is 1. The largest absolute Gasteiger partial charge is 0.315 e. The van der Waals surface area contributed by atoms with Crippen LogP contribution in [0, 0.1) is 23.1 Å². The molecule has 0 fully saturated rings. The maximum atomic E-state index is 13.0. The predicted octanol–water partition coefficient (Wildman–Crippen LogP) is 3.18. The van der Waals surface area contributed by atoms with Crippen LogP contribution in [0.15, 0.2) is 24.3 Å². The molecule has 1 atom stereocenters. The molecule has 1 aromatic carbocycles. The molecule has 7 nitrogen and oxygen atoms in total. The number of fused-ring (bicyclic) bond motifs is 1. The van der Waals surface area contributed by atoms with Crippen molar-refractivity contribution in [3.8, 4) is 17.5 Å². The van der Waals surface area contributed by atoms with Gasteiger partial charge < -0.3 is 5.32 Å². The van der Waals surface area contributed by atoms with Gasteiger partial charge in [-0.15, -0.1) is 21.5 Å². The van der Waals surface area contributed by atoms with E-state index in [0.29, 0.717) is 27.9 Å². The van der Waals surface area contributed by atoms with Gasteiger partial charge in [-0.25, -0.2) is 4.39 Å². The van der Waals surface area contributed by atoms with E-state index in [4.69, 9.17) is 0 Å². The van der Waals surface area contributed by atoms with E-state index in [1.54, 1.807) is 12.1 Å². The zero-order valence-corrected chi connectivity index (χ0v) is 16.0. The summed E-state index contributed by atoms with van der Waals surface area (Å²) in [4.78, 5) is 14.8. The van der Waals surface area contributed by atoms with Crippen molar-refractivity contribution in [2.24, 2.45) is 5.92 Å². The SMILES string of the molecule is C[C@H]1CCc2c(sc(NC(=O)Cn3nnc(-c4ccc(F)cc4)n3)c2C#N)C1. The average molecular weight is 396 g/mol. The van der Waals surface area contributed by atoms with Crippen molar-refractivity contribution in [2.45, 2.75) is 32.7 Å². The molecule has 3 aromatic rings. The lowest BCUT2D eigenvalue weighted by Crippen LogP contribution is -2.20. The van der Waals surface area contributed by atoms with Crippen LogP contribution < -0.4 is 5.32 Å². The van der Waals surface area contributed by atoms with Crippen molar-refractivity contribution >= 4 is 22.2 Å². The maximum absolute atomic E-state index is 13.0. The first-order valence-corrected chi connectivity index (χ1v) is 9.73. The lowest BCUT2D eigenvalue weighted by Gasteiger charge is -2.17. The zero-order chi connectivity index (χ0) is 19.7. The number of nitrogens with zero attached hydrogens (tertiary/aromatic N) is 5. The normalized spacial score (nSPS) is 15.7. The molecule has 0 bridgehead atoms. The van der Waals surface area contributed by atoms with Crippen molar-refractivity contribution in [1.82, 2.24) is 20.2 Å². The molecule has 1 aliphatic carbocycles. The molecule has 28 heavy (non-hydrogen) atoms. The van der Waals surface area contributed by atoms with E-state index in [1.165, 1.54) is 33.1 Å². The number of benzene rings is 1. The second-order valence-corrected chi connectivity index (χ2v) is 7.97. The molecule has 142 valence electrons. The Labute approximate surface area is 164 Å². The average Bonchev–Trinajstić information content (AvgIpc) is 3.25. The van der Waals surface area contributed by atoms with Crippen molar-refractivity contribution in [3.63, 3.8) is 0 Å². The molecular formula is C19H17FN6OS. The Morgan fingerprint density at radius 2 is 2.21 bits per heavy atom. The number of hydrogen-bond acceptors (Lipinski definition) is 6. The molecule has 2 heterocycles. The van der Waals surface area contributed by atoms with Gasteiger partial charge in [-0.2, -0.15) is 10.1 Å². The van der Waals surface area contributed by atoms with Crippen LogP contribution in [0.3, 0.4) is 0 Å². The Balaban J connectivity index is 1.47. The molecule has 1 N–H and O–H groups in total. The highest BCUT2D eigenvalue weighted by molar-refractivity contribution is 7.16. The van der Waals surface area contributed by atoms with E-state index < -0.39 is 0 Å². The van der Waals surface area contributed by atoms with Gasteiger partial charge in [-0.1, -0.05) is 6.92 Å². The summed E-state index contributed by atoms with van der Waals surface area (Å²) in [5.41, 5.74) is 2.25. The van der Waals surface area contributed by atoms with Gasteiger partial charge in [0.2, 0.25) is 11.7 Å². The van der Waals surface area contributed by atoms with E-state index >= 15 is 0 Å². The molecule has 0 saturated heterocycles. The number of amides is 1. The second-order valence-electron chi connectivity index (χ2n) is 6.87. The third kappa shape index (κ3) is 3.64. The highest BCUT2D eigenvalue weighted by Crippen LogP contribution is 2.39. The topological polar surface area (TPSA) is 96.5 Å². The van der Waals surface area contributed by atoms with Crippen molar-refractivity contribution in [2.75, 3.05) is 5.32 Å². The fraction of sp³-hybridized carbons (Fsp3) is 0.316. The number of nitriles is 1. The summed E-state index contributed by atoms with van der Waals surface area (Å²) < 4.78 is 13.0. The Morgan fingerprint density at radius 1 is 1.43 bits per heavy atom. The van der Waals surface area contributed by atoms with E-state index in [1.807, 2.05) is 0 Å². The first-order chi connectivity index (χ1) is 13.5. The Morgan fingerprint density at radius 3 is 2.96 bits per heavy atom. The molecule has 1 aliphatic rings. The number of halogens is 1. The monoisotopic (exact) mass is 396 g/mol. The van der Waals surface area contributed by atoms with Crippen LogP contribution in [-0.2, 0) is 24.2 Å². The Bertz CT molecular complexity index is 1070. The van der Waals surface area contributed by atoms with Gasteiger partial charge in [-0.05, 0) is 60.2 Å². The van der Waals surface area contributed by atoms with Gasteiger partial charge in [0.25, 0.3) is 0 Å². The van der Waals surface area contributed by atoms with Gasteiger partial charge >= 0.3 is 0 Å². The molecular weight excluding hydrogens is 379 g/mol. The van der Waals surface area contributed by atoms with Gasteiger partial charge in [0, 0.05) is 10.4 Å². The molecule has 0 aliphatic heterocycles. The third-order valence-electron chi connectivity index (χ3n) is 4.72. The first kappa shape index (κ1) is 18.3. The van der Waals surface area contributed by atoms with E-state index in [-0.39, 0.29) is 18.3 Å². The highest BCUT2D eigenvalue weighted by atomic mass is 32.1. The Kier molecular flexibility index (Phi) is 4.88. The first-order valence-electron chi connectivity index (χ1n) is 8.91. The zero-order valence-electron chi connectivity index (χ0n) is 15.1. The van der Waals surface area contributed by atoms with Gasteiger partial charge in [-0.3, -0.25) is 4.79 Å². The lowest BCUT2D eigenvalue weighted by atomic mass is 9.89. The van der Waals surface area contributed by atoms with E-state index in [0.717, 1.165) is 24.8 Å². The molecule has 4 rings (SSSR count). The number of nitrogens with one attached hydrogen (secondary N) is 1. The summed E-state index contributed by atoms with van der Waals surface area (Å²) in [7, 11) is 0. The molecule has 1 amide bonds. The Hall–Kier alpha value is -3.12. The molecule has 0 spiro atoms. The van der Waals surface area contributed by atoms with E-state index in [2.05, 4.69) is 33.7 Å². The van der Waals surface area contributed by atoms with Crippen LogP contribution in [0.25, 0.3) is 11.4 Å². The minimum Gasteiger partial charge on any atom is -0.315 e. The predicted molar refractivity (Wildman–Crippen MR) is 102 cm³/mol. The maximum Gasteiger partial charge on any atom is 0.248 e. The van der Waals surface area contributed by atoms with Gasteiger partial charge in [0.05, 0.1) is 5.56 Å². The third-order valence-corrected chi connectivity index (χ3v) is 5.89. The van der Waals surface area contributed by atoms with Gasteiger partial charge in [0.1, 0.15) is 23.4 Å². The summed E-state index contributed by atoms with van der Waals surface area (Å²) in [5, 5.41) is 24.9. The fourth-order valence-corrected chi connectivity index (χ4v) is 4.65. The van der Waals surface area contributed by atoms with Crippen LogP contribution in [0.5, 0.6) is 0 Å². The van der Waals surface area contributed by atoms with E-state index in [9.17, 15) is 14.4 Å². The van der Waals surface area contributed by atoms with Crippen LogP contribution in [0.2, 0.25) is 0 Å². The number of rotatable bonds is 4. The number of carbonyl (C=O) groups excluding carboxylic acids is 1. The molecule has 2 aromatic heterocycles. The van der Waals surface area contributed by atoms with Crippen LogP contribution >= 0.6 is 11.3 Å². The summed E-state index contributed by atoms with van der Waals surface area (Å²) in [6.45, 7) is 2.07. The van der Waals surface area contributed by atoms with Gasteiger partial charge in [0.15, 0.2) is 0 Å². The van der Waals surface area contributed by atoms with Crippen LogP contribution in [0.4, 0.5) is 9.39 Å². The smallest absolute Gasteiger partial charge is 0.248 e. The molecule has 0 unspecified atom stereocenters. The lowest BCUT2D eigenvalue weighted by molar-refractivity contribution is -0.117. The molecule has 9 heteroatoms. The quantitative estimate of drug-likeness (QED) is 0.731. The summed E-state index contributed by atoms with van der Waals surface area (Å²) in [5.74, 6) is 0.222. The highest BCUT2D eigenvalue weighted by Gasteiger charge is 2.24. The summed E-state index contributed by atoms with van der Waals surface area (Å²) >= 11 is 1.48. The fourth-order valence-electron chi connectivity index (χ4n) is 3.28. The van der Waals surface area contributed by atoms with Crippen molar-refractivity contribution in [3.05, 3.63) is 46.1 Å². The van der Waals surface area contributed by atoms with Crippen molar-refractivity contribution in [1.29, 1.82) is 5.26 Å². The standard InChI is InChI=1S/C19H17FN6OS/c1-11-2-7-14-15(9-21)19(28-16(14)8-11)22-17(27)10-26-24-18(23-25-26)12-3-5-13(20)6-4-12/h3-6,11H,2,7-8,10H2,1H3,(H,22,27)/t11-/m0/s1. The number of hydrogen-bond donors (Lipinski definition) is 1. The molecule has 0 radical (unpaired) electrons. The number of aromatic nitrogens is 4. The summed E-state index contributed by atoms with van der Waals surface area (Å²) in [6.07, 6.45) is 2.87. The number of thiophene rings is 1.